The van der Waals surface area contributed by atoms with Crippen LogP contribution >= 0.6 is 11.6 Å². The van der Waals surface area contributed by atoms with Crippen LogP contribution < -0.4 is 0 Å². The van der Waals surface area contributed by atoms with Gasteiger partial charge >= 0.3 is 0 Å². The minimum atomic E-state index is 0.646. The molecule has 84 valence electrons. The molecule has 2 aliphatic rings. The lowest BCUT2D eigenvalue weighted by Gasteiger charge is -2.30. The third-order valence-corrected chi connectivity index (χ3v) is 4.17. The van der Waals surface area contributed by atoms with Crippen molar-refractivity contribution < 1.29 is 0 Å². The molecule has 2 atom stereocenters. The van der Waals surface area contributed by atoms with E-state index in [2.05, 4.69) is 30.2 Å². The van der Waals surface area contributed by atoms with Crippen LogP contribution in [-0.2, 0) is 0 Å². The van der Waals surface area contributed by atoms with Crippen molar-refractivity contribution in [3.8, 4) is 0 Å². The molecule has 1 aromatic carbocycles. The van der Waals surface area contributed by atoms with Gasteiger partial charge in [-0.1, -0.05) is 29.8 Å². The number of rotatable bonds is 1. The van der Waals surface area contributed by atoms with Gasteiger partial charge in [0.05, 0.1) is 0 Å². The summed E-state index contributed by atoms with van der Waals surface area (Å²) in [6.07, 6.45) is 6.25. The second kappa shape index (κ2) is 3.90. The topological polar surface area (TPSA) is 3.24 Å². The summed E-state index contributed by atoms with van der Waals surface area (Å²) in [5, 5.41) is 0.838. The molecule has 0 spiro atoms. The van der Waals surface area contributed by atoms with Crippen LogP contribution in [0.25, 0.3) is 5.57 Å². The van der Waals surface area contributed by atoms with Gasteiger partial charge in [0, 0.05) is 17.1 Å². The molecule has 0 saturated carbocycles. The van der Waals surface area contributed by atoms with E-state index in [4.69, 9.17) is 11.6 Å². The SMILES string of the molecule is CN1C2C=C(c3cccc(Cl)c3)CC1CC2. The molecule has 1 nitrogen and oxygen atoms in total. The molecule has 3 rings (SSSR count). The van der Waals surface area contributed by atoms with Crippen LogP contribution in [0.3, 0.4) is 0 Å². The van der Waals surface area contributed by atoms with Gasteiger partial charge in [0.1, 0.15) is 0 Å². The monoisotopic (exact) mass is 233 g/mol. The van der Waals surface area contributed by atoms with Crippen molar-refractivity contribution in [2.75, 3.05) is 7.05 Å². The zero-order valence-corrected chi connectivity index (χ0v) is 10.2. The van der Waals surface area contributed by atoms with Gasteiger partial charge < -0.3 is 0 Å². The van der Waals surface area contributed by atoms with Gasteiger partial charge in [-0.25, -0.2) is 0 Å². The van der Waals surface area contributed by atoms with Gasteiger partial charge in [0.2, 0.25) is 0 Å². The van der Waals surface area contributed by atoms with Crippen LogP contribution in [0.1, 0.15) is 24.8 Å². The summed E-state index contributed by atoms with van der Waals surface area (Å²) < 4.78 is 0. The molecule has 0 aromatic heterocycles. The van der Waals surface area contributed by atoms with Crippen LogP contribution in [0.2, 0.25) is 5.02 Å². The Kier molecular flexibility index (Phi) is 2.53. The number of fused-ring (bicyclic) bond motifs is 2. The summed E-state index contributed by atoms with van der Waals surface area (Å²) in [7, 11) is 2.24. The van der Waals surface area contributed by atoms with Crippen LogP contribution in [0, 0.1) is 0 Å². The molecule has 16 heavy (non-hydrogen) atoms. The van der Waals surface area contributed by atoms with E-state index >= 15 is 0 Å². The molecule has 1 aromatic rings. The predicted molar refractivity (Wildman–Crippen MR) is 68.6 cm³/mol. The fourth-order valence-corrected chi connectivity index (χ4v) is 3.13. The third kappa shape index (κ3) is 1.68. The van der Waals surface area contributed by atoms with Crippen molar-refractivity contribution >= 4 is 17.2 Å². The molecule has 2 heteroatoms. The molecule has 2 aliphatic heterocycles. The first-order chi connectivity index (χ1) is 7.74. The van der Waals surface area contributed by atoms with Crippen molar-refractivity contribution in [1.29, 1.82) is 0 Å². The Labute approximate surface area is 102 Å². The maximum absolute atomic E-state index is 6.04. The Morgan fingerprint density at radius 2 is 2.19 bits per heavy atom. The van der Waals surface area contributed by atoms with Crippen LogP contribution in [-0.4, -0.2) is 24.0 Å². The quantitative estimate of drug-likeness (QED) is 0.717. The molecule has 0 amide bonds. The molecule has 2 heterocycles. The molecule has 2 bridgehead atoms. The van der Waals surface area contributed by atoms with Crippen LogP contribution in [0.5, 0.6) is 0 Å². The summed E-state index contributed by atoms with van der Waals surface area (Å²) in [6, 6.07) is 9.62. The summed E-state index contributed by atoms with van der Waals surface area (Å²) in [6.45, 7) is 0. The van der Waals surface area contributed by atoms with Crippen molar-refractivity contribution in [2.24, 2.45) is 0 Å². The normalized spacial score (nSPS) is 29.2. The number of nitrogens with zero attached hydrogens (tertiary/aromatic N) is 1. The standard InChI is InChI=1S/C14H16ClN/c1-16-13-5-6-14(16)9-11(8-13)10-3-2-4-12(15)7-10/h2-4,7-8,13-14H,5-6,9H2,1H3. The number of hydrogen-bond donors (Lipinski definition) is 0. The van der Waals surface area contributed by atoms with Gasteiger partial charge in [-0.2, -0.15) is 0 Å². The number of likely N-dealkylation sites (N-methyl/N-ethyl adjacent to an activating group) is 1. The average Bonchev–Trinajstić information content (AvgIpc) is 2.53. The molecule has 0 aliphatic carbocycles. The first kappa shape index (κ1) is 10.4. The van der Waals surface area contributed by atoms with E-state index in [9.17, 15) is 0 Å². The maximum atomic E-state index is 6.04. The molecule has 0 N–H and O–H groups in total. The third-order valence-electron chi connectivity index (χ3n) is 3.94. The minimum absolute atomic E-state index is 0.646. The highest BCUT2D eigenvalue weighted by Gasteiger charge is 2.33. The highest BCUT2D eigenvalue weighted by atomic mass is 35.5. The predicted octanol–water partition coefficient (Wildman–Crippen LogP) is 3.59. The molecule has 0 radical (unpaired) electrons. The Hall–Kier alpha value is -0.790. The van der Waals surface area contributed by atoms with Crippen molar-refractivity contribution in [2.45, 2.75) is 31.3 Å². The molecule has 2 unspecified atom stereocenters. The molecule has 1 saturated heterocycles. The van der Waals surface area contributed by atoms with Gasteiger partial charge in [0.25, 0.3) is 0 Å². The van der Waals surface area contributed by atoms with Gasteiger partial charge in [0.15, 0.2) is 0 Å². The Morgan fingerprint density at radius 1 is 1.31 bits per heavy atom. The van der Waals surface area contributed by atoms with Gasteiger partial charge in [-0.15, -0.1) is 0 Å². The first-order valence-corrected chi connectivity index (χ1v) is 6.30. The molecular formula is C14H16ClN. The molecule has 1 fully saturated rings. The summed E-state index contributed by atoms with van der Waals surface area (Å²) in [5.41, 5.74) is 2.78. The minimum Gasteiger partial charge on any atom is -0.297 e. The van der Waals surface area contributed by atoms with Gasteiger partial charge in [-0.3, -0.25) is 4.90 Å². The summed E-state index contributed by atoms with van der Waals surface area (Å²) in [5.74, 6) is 0. The van der Waals surface area contributed by atoms with Crippen molar-refractivity contribution in [3.63, 3.8) is 0 Å². The lowest BCUT2D eigenvalue weighted by atomic mass is 9.95. The first-order valence-electron chi connectivity index (χ1n) is 5.92. The second-order valence-electron chi connectivity index (χ2n) is 4.87. The number of benzene rings is 1. The second-order valence-corrected chi connectivity index (χ2v) is 5.31. The largest absolute Gasteiger partial charge is 0.297 e. The Morgan fingerprint density at radius 3 is 2.94 bits per heavy atom. The van der Waals surface area contributed by atoms with E-state index in [0.29, 0.717) is 6.04 Å². The highest BCUT2D eigenvalue weighted by Crippen LogP contribution is 2.37. The van der Waals surface area contributed by atoms with E-state index in [1.165, 1.54) is 30.4 Å². The van der Waals surface area contributed by atoms with Crippen molar-refractivity contribution in [1.82, 2.24) is 4.90 Å². The van der Waals surface area contributed by atoms with Crippen molar-refractivity contribution in [3.05, 3.63) is 40.9 Å². The van der Waals surface area contributed by atoms with E-state index in [-0.39, 0.29) is 0 Å². The average molecular weight is 234 g/mol. The lowest BCUT2D eigenvalue weighted by molar-refractivity contribution is 0.264. The van der Waals surface area contributed by atoms with Crippen LogP contribution in [0.15, 0.2) is 30.3 Å². The summed E-state index contributed by atoms with van der Waals surface area (Å²) in [4.78, 5) is 2.51. The van der Waals surface area contributed by atoms with Gasteiger partial charge in [-0.05, 0) is 49.6 Å². The van der Waals surface area contributed by atoms with E-state index in [0.717, 1.165) is 11.1 Å². The van der Waals surface area contributed by atoms with E-state index < -0.39 is 0 Å². The fourth-order valence-electron chi connectivity index (χ4n) is 2.94. The smallest absolute Gasteiger partial charge is 0.0412 e. The number of halogens is 1. The Bertz CT molecular complexity index is 438. The maximum Gasteiger partial charge on any atom is 0.0412 e. The number of hydrogen-bond acceptors (Lipinski definition) is 1. The van der Waals surface area contributed by atoms with E-state index in [1.807, 2.05) is 12.1 Å². The lowest BCUT2D eigenvalue weighted by Crippen LogP contribution is -2.34. The summed E-state index contributed by atoms with van der Waals surface area (Å²) >= 11 is 6.04. The molecular weight excluding hydrogens is 218 g/mol. The Balaban J connectivity index is 1.95. The fraction of sp³-hybridized carbons (Fsp3) is 0.429. The zero-order valence-electron chi connectivity index (χ0n) is 9.49. The highest BCUT2D eigenvalue weighted by molar-refractivity contribution is 6.30. The van der Waals surface area contributed by atoms with E-state index in [1.54, 1.807) is 0 Å². The van der Waals surface area contributed by atoms with Crippen LogP contribution in [0.4, 0.5) is 0 Å². The zero-order chi connectivity index (χ0) is 11.1.